The summed E-state index contributed by atoms with van der Waals surface area (Å²) in [7, 11) is 0. The van der Waals surface area contributed by atoms with Gasteiger partial charge in [-0.15, -0.1) is 0 Å². The van der Waals surface area contributed by atoms with Gasteiger partial charge in [-0.1, -0.05) is 50.7 Å². The summed E-state index contributed by atoms with van der Waals surface area (Å²) in [6, 6.07) is 3.25. The molecule has 0 amide bonds. The predicted molar refractivity (Wildman–Crippen MR) is 65.5 cm³/mol. The standard InChI is InChI=1S/C9H6BrCl3O3/c10-5-2-7-6(15-3-16-7)1-4(5)8(14)9(11,12)13/h1-2,8,14H,3H2/t8-/m0/s1. The van der Waals surface area contributed by atoms with E-state index in [0.29, 0.717) is 21.5 Å². The first kappa shape index (κ1) is 12.6. The normalized spacial score (nSPS) is 16.3. The number of rotatable bonds is 1. The fraction of sp³-hybridized carbons (Fsp3) is 0.333. The van der Waals surface area contributed by atoms with Crippen molar-refractivity contribution in [1.82, 2.24) is 0 Å². The zero-order valence-electron chi connectivity index (χ0n) is 7.71. The van der Waals surface area contributed by atoms with E-state index in [0.717, 1.165) is 0 Å². The fourth-order valence-corrected chi connectivity index (χ4v) is 2.21. The maximum Gasteiger partial charge on any atom is 0.231 e. The van der Waals surface area contributed by atoms with Gasteiger partial charge in [-0.05, 0) is 12.1 Å². The number of fused-ring (bicyclic) bond motifs is 1. The molecule has 1 aliphatic rings. The molecule has 0 fully saturated rings. The second-order valence-corrected chi connectivity index (χ2v) is 6.39. The third-order valence-corrected chi connectivity index (χ3v) is 3.40. The molecule has 1 aliphatic heterocycles. The van der Waals surface area contributed by atoms with Crippen molar-refractivity contribution < 1.29 is 14.6 Å². The molecule has 0 saturated carbocycles. The van der Waals surface area contributed by atoms with Gasteiger partial charge in [0, 0.05) is 10.0 Å². The average Bonchev–Trinajstić information content (AvgIpc) is 2.60. The average molecular weight is 348 g/mol. The highest BCUT2D eigenvalue weighted by Crippen LogP contribution is 2.45. The smallest absolute Gasteiger partial charge is 0.231 e. The zero-order valence-corrected chi connectivity index (χ0v) is 11.6. The van der Waals surface area contributed by atoms with Crippen LogP contribution in [0.2, 0.25) is 0 Å². The molecular formula is C9H6BrCl3O3. The summed E-state index contributed by atoms with van der Waals surface area (Å²) in [5.74, 6) is 1.11. The highest BCUT2D eigenvalue weighted by molar-refractivity contribution is 9.10. The first-order chi connectivity index (χ1) is 7.39. The van der Waals surface area contributed by atoms with Crippen molar-refractivity contribution >= 4 is 50.7 Å². The SMILES string of the molecule is O[C@@H](c1cc2c(cc1Br)OCO2)C(Cl)(Cl)Cl. The molecule has 88 valence electrons. The Morgan fingerprint density at radius 2 is 1.81 bits per heavy atom. The number of halogens is 4. The second-order valence-electron chi connectivity index (χ2n) is 3.17. The lowest BCUT2D eigenvalue weighted by Crippen LogP contribution is -2.16. The fourth-order valence-electron chi connectivity index (χ4n) is 1.32. The zero-order chi connectivity index (χ0) is 11.9. The van der Waals surface area contributed by atoms with E-state index < -0.39 is 9.90 Å². The Kier molecular flexibility index (Phi) is 3.48. The Labute approximate surface area is 115 Å². The van der Waals surface area contributed by atoms with Crippen LogP contribution in [0.3, 0.4) is 0 Å². The van der Waals surface area contributed by atoms with Crippen LogP contribution in [-0.4, -0.2) is 15.7 Å². The molecule has 0 spiro atoms. The number of alkyl halides is 3. The van der Waals surface area contributed by atoms with Gasteiger partial charge in [0.2, 0.25) is 10.6 Å². The number of ether oxygens (including phenoxy) is 2. The van der Waals surface area contributed by atoms with Crippen LogP contribution in [0.1, 0.15) is 11.7 Å². The summed E-state index contributed by atoms with van der Waals surface area (Å²) in [6.45, 7) is 0.148. The largest absolute Gasteiger partial charge is 0.454 e. The monoisotopic (exact) mass is 346 g/mol. The van der Waals surface area contributed by atoms with E-state index in [1.807, 2.05) is 0 Å². The summed E-state index contributed by atoms with van der Waals surface area (Å²) in [6.07, 6.45) is -1.25. The summed E-state index contributed by atoms with van der Waals surface area (Å²) in [5, 5.41) is 9.85. The highest BCUT2D eigenvalue weighted by Gasteiger charge is 2.34. The molecule has 1 atom stereocenters. The van der Waals surface area contributed by atoms with Crippen molar-refractivity contribution in [3.63, 3.8) is 0 Å². The molecule has 0 bridgehead atoms. The molecule has 7 heteroatoms. The maximum absolute atomic E-state index is 9.85. The van der Waals surface area contributed by atoms with Crippen molar-refractivity contribution in [3.05, 3.63) is 22.2 Å². The van der Waals surface area contributed by atoms with Gasteiger partial charge in [-0.25, -0.2) is 0 Å². The minimum atomic E-state index is -1.80. The Morgan fingerprint density at radius 3 is 2.38 bits per heavy atom. The minimum absolute atomic E-state index is 0.148. The Bertz CT molecular complexity index is 419. The Balaban J connectivity index is 2.42. The first-order valence-electron chi connectivity index (χ1n) is 4.23. The van der Waals surface area contributed by atoms with Gasteiger partial charge in [0.15, 0.2) is 11.5 Å². The summed E-state index contributed by atoms with van der Waals surface area (Å²) in [5.41, 5.74) is 0.434. The van der Waals surface area contributed by atoms with Gasteiger partial charge < -0.3 is 14.6 Å². The van der Waals surface area contributed by atoms with E-state index in [-0.39, 0.29) is 6.79 Å². The third kappa shape index (κ3) is 2.36. The molecule has 3 nitrogen and oxygen atoms in total. The Morgan fingerprint density at radius 1 is 1.25 bits per heavy atom. The number of aliphatic hydroxyl groups excluding tert-OH is 1. The molecule has 1 N–H and O–H groups in total. The molecule has 1 heterocycles. The van der Waals surface area contributed by atoms with Crippen LogP contribution in [0, 0.1) is 0 Å². The predicted octanol–water partition coefficient (Wildman–Crippen LogP) is 3.58. The molecule has 0 unspecified atom stereocenters. The number of benzene rings is 1. The molecule has 2 rings (SSSR count). The molecule has 1 aromatic carbocycles. The van der Waals surface area contributed by atoms with Gasteiger partial charge >= 0.3 is 0 Å². The molecular weight excluding hydrogens is 342 g/mol. The molecule has 16 heavy (non-hydrogen) atoms. The summed E-state index contributed by atoms with van der Waals surface area (Å²) < 4.78 is 9.14. The molecule has 0 aliphatic carbocycles. The lowest BCUT2D eigenvalue weighted by Gasteiger charge is -2.20. The highest BCUT2D eigenvalue weighted by atomic mass is 79.9. The number of hydrogen-bond acceptors (Lipinski definition) is 3. The van der Waals surface area contributed by atoms with Crippen LogP contribution in [0.25, 0.3) is 0 Å². The van der Waals surface area contributed by atoms with E-state index in [1.165, 1.54) is 0 Å². The quantitative estimate of drug-likeness (QED) is 0.789. The van der Waals surface area contributed by atoms with E-state index in [9.17, 15) is 5.11 Å². The van der Waals surface area contributed by atoms with Gasteiger partial charge in [0.05, 0.1) is 0 Å². The molecule has 0 saturated heterocycles. The van der Waals surface area contributed by atoms with Crippen LogP contribution in [-0.2, 0) is 0 Å². The van der Waals surface area contributed by atoms with Gasteiger partial charge in [0.25, 0.3) is 0 Å². The first-order valence-corrected chi connectivity index (χ1v) is 6.16. The van der Waals surface area contributed by atoms with E-state index in [2.05, 4.69) is 15.9 Å². The summed E-state index contributed by atoms with van der Waals surface area (Å²) >= 11 is 20.2. The van der Waals surface area contributed by atoms with Crippen LogP contribution in [0.4, 0.5) is 0 Å². The van der Waals surface area contributed by atoms with Crippen molar-refractivity contribution in [2.75, 3.05) is 6.79 Å². The lowest BCUT2D eigenvalue weighted by molar-refractivity contribution is 0.172. The van der Waals surface area contributed by atoms with Crippen LogP contribution in [0.15, 0.2) is 16.6 Å². The van der Waals surface area contributed by atoms with Crippen LogP contribution in [0.5, 0.6) is 11.5 Å². The number of hydrogen-bond donors (Lipinski definition) is 1. The van der Waals surface area contributed by atoms with Crippen LogP contribution < -0.4 is 9.47 Å². The minimum Gasteiger partial charge on any atom is -0.454 e. The van der Waals surface area contributed by atoms with E-state index >= 15 is 0 Å². The summed E-state index contributed by atoms with van der Waals surface area (Å²) in [4.78, 5) is 0. The van der Waals surface area contributed by atoms with Crippen molar-refractivity contribution in [2.24, 2.45) is 0 Å². The van der Waals surface area contributed by atoms with Gasteiger partial charge in [0.1, 0.15) is 6.10 Å². The topological polar surface area (TPSA) is 38.7 Å². The second kappa shape index (κ2) is 4.42. The molecule has 0 radical (unpaired) electrons. The van der Waals surface area contributed by atoms with E-state index in [4.69, 9.17) is 44.3 Å². The van der Waals surface area contributed by atoms with E-state index in [1.54, 1.807) is 12.1 Å². The number of aliphatic hydroxyl groups is 1. The molecule has 0 aromatic heterocycles. The third-order valence-electron chi connectivity index (χ3n) is 2.10. The van der Waals surface area contributed by atoms with Crippen molar-refractivity contribution in [2.45, 2.75) is 9.90 Å². The molecule has 1 aromatic rings. The Hall–Kier alpha value is 0.130. The van der Waals surface area contributed by atoms with Gasteiger partial charge in [-0.2, -0.15) is 0 Å². The van der Waals surface area contributed by atoms with Crippen molar-refractivity contribution in [3.8, 4) is 11.5 Å². The van der Waals surface area contributed by atoms with Crippen molar-refractivity contribution in [1.29, 1.82) is 0 Å². The van der Waals surface area contributed by atoms with Crippen LogP contribution >= 0.6 is 50.7 Å². The van der Waals surface area contributed by atoms with Gasteiger partial charge in [-0.3, -0.25) is 0 Å². The lowest BCUT2D eigenvalue weighted by atomic mass is 10.1. The maximum atomic E-state index is 9.85.